The van der Waals surface area contributed by atoms with Gasteiger partial charge in [0.1, 0.15) is 5.82 Å². The number of benzene rings is 2. The average Bonchev–Trinajstić information content (AvgIpc) is 3.52. The molecule has 5 rings (SSSR count). The molecule has 3 heterocycles. The van der Waals surface area contributed by atoms with Gasteiger partial charge in [-0.05, 0) is 61.5 Å². The van der Waals surface area contributed by atoms with Crippen LogP contribution >= 0.6 is 11.3 Å². The third-order valence-corrected chi connectivity index (χ3v) is 6.86. The quantitative estimate of drug-likeness (QED) is 0.373. The summed E-state index contributed by atoms with van der Waals surface area (Å²) in [5, 5.41) is 9.28. The van der Waals surface area contributed by atoms with Crippen LogP contribution in [0.4, 0.5) is 9.18 Å². The standard InChI is InChI=1S/C26H23FN4O2S/c1-16-5-7-18(8-6-16)23-22(25-29-24(30-33-25)19-9-11-20(27)12-10-19)17(2)31(26(32)28-23)14-13-21-4-3-15-34-21/h3-12,15,23H,13-14H2,1-2H3,(H,28,32). The normalized spacial score (nSPS) is 16.1. The first-order chi connectivity index (χ1) is 16.5. The van der Waals surface area contributed by atoms with Crippen molar-refractivity contribution < 1.29 is 13.7 Å². The summed E-state index contributed by atoms with van der Waals surface area (Å²) in [6.07, 6.45) is 0.746. The number of allylic oxidation sites excluding steroid dienone is 1. The Labute approximate surface area is 200 Å². The summed E-state index contributed by atoms with van der Waals surface area (Å²) in [6, 6.07) is 17.4. The summed E-state index contributed by atoms with van der Waals surface area (Å²) in [7, 11) is 0. The Kier molecular flexibility index (Phi) is 5.98. The number of nitrogens with zero attached hydrogens (tertiary/aromatic N) is 3. The lowest BCUT2D eigenvalue weighted by Crippen LogP contribution is -2.46. The minimum Gasteiger partial charge on any atom is -0.334 e. The van der Waals surface area contributed by atoms with Crippen LogP contribution in [0.5, 0.6) is 0 Å². The van der Waals surface area contributed by atoms with Gasteiger partial charge in [0, 0.05) is 22.7 Å². The summed E-state index contributed by atoms with van der Waals surface area (Å²) in [6.45, 7) is 4.46. The molecule has 6 nitrogen and oxygen atoms in total. The highest BCUT2D eigenvalue weighted by molar-refractivity contribution is 7.09. The highest BCUT2D eigenvalue weighted by atomic mass is 32.1. The molecule has 1 atom stereocenters. The van der Waals surface area contributed by atoms with Crippen molar-refractivity contribution in [3.8, 4) is 11.4 Å². The smallest absolute Gasteiger partial charge is 0.322 e. The Balaban J connectivity index is 1.55. The van der Waals surface area contributed by atoms with E-state index in [4.69, 9.17) is 4.52 Å². The molecule has 172 valence electrons. The maximum atomic E-state index is 13.4. The Morgan fingerprint density at radius 1 is 1.09 bits per heavy atom. The van der Waals surface area contributed by atoms with Crippen LogP contribution in [0.2, 0.25) is 0 Å². The van der Waals surface area contributed by atoms with E-state index in [0.29, 0.717) is 23.8 Å². The molecule has 1 aliphatic rings. The number of thiophene rings is 1. The Morgan fingerprint density at radius 2 is 1.85 bits per heavy atom. The van der Waals surface area contributed by atoms with Gasteiger partial charge in [-0.3, -0.25) is 4.90 Å². The molecule has 1 aliphatic heterocycles. The van der Waals surface area contributed by atoms with Crippen LogP contribution in [0.25, 0.3) is 17.0 Å². The van der Waals surface area contributed by atoms with Gasteiger partial charge in [0.2, 0.25) is 5.82 Å². The van der Waals surface area contributed by atoms with E-state index >= 15 is 0 Å². The monoisotopic (exact) mass is 474 g/mol. The number of carbonyl (C=O) groups excluding carboxylic acids is 1. The highest BCUT2D eigenvalue weighted by Crippen LogP contribution is 2.37. The van der Waals surface area contributed by atoms with Crippen LogP contribution in [0.1, 0.15) is 34.9 Å². The van der Waals surface area contributed by atoms with Crippen molar-refractivity contribution in [2.45, 2.75) is 26.3 Å². The molecule has 8 heteroatoms. The van der Waals surface area contributed by atoms with Crippen molar-refractivity contribution in [3.63, 3.8) is 0 Å². The number of rotatable bonds is 6. The first kappa shape index (κ1) is 22.0. The van der Waals surface area contributed by atoms with Crippen molar-refractivity contribution in [1.82, 2.24) is 20.4 Å². The molecule has 4 aromatic rings. The predicted molar refractivity (Wildman–Crippen MR) is 129 cm³/mol. The van der Waals surface area contributed by atoms with Crippen LogP contribution < -0.4 is 5.32 Å². The molecule has 34 heavy (non-hydrogen) atoms. The van der Waals surface area contributed by atoms with Crippen molar-refractivity contribution >= 4 is 22.9 Å². The molecule has 2 amide bonds. The third-order valence-electron chi connectivity index (χ3n) is 5.93. The molecule has 0 saturated carbocycles. The molecule has 0 aliphatic carbocycles. The number of hydrogen-bond acceptors (Lipinski definition) is 5. The minimum absolute atomic E-state index is 0.165. The zero-order chi connectivity index (χ0) is 23.7. The van der Waals surface area contributed by atoms with E-state index in [9.17, 15) is 9.18 Å². The van der Waals surface area contributed by atoms with Crippen molar-refractivity contribution in [2.75, 3.05) is 6.54 Å². The summed E-state index contributed by atoms with van der Waals surface area (Å²) in [4.78, 5) is 20.7. The topological polar surface area (TPSA) is 71.3 Å². The summed E-state index contributed by atoms with van der Waals surface area (Å²) < 4.78 is 19.0. The average molecular weight is 475 g/mol. The zero-order valence-corrected chi connectivity index (χ0v) is 19.6. The number of halogens is 1. The first-order valence-electron chi connectivity index (χ1n) is 11.0. The first-order valence-corrected chi connectivity index (χ1v) is 11.9. The van der Waals surface area contributed by atoms with Gasteiger partial charge in [-0.1, -0.05) is 41.1 Å². The molecule has 0 fully saturated rings. The Hall–Kier alpha value is -3.78. The highest BCUT2D eigenvalue weighted by Gasteiger charge is 2.35. The summed E-state index contributed by atoms with van der Waals surface area (Å²) >= 11 is 1.67. The largest absolute Gasteiger partial charge is 0.334 e. The fraction of sp³-hybridized carbons (Fsp3) is 0.192. The van der Waals surface area contributed by atoms with E-state index in [0.717, 1.165) is 28.8 Å². The predicted octanol–water partition coefficient (Wildman–Crippen LogP) is 5.99. The molecule has 0 bridgehead atoms. The second-order valence-electron chi connectivity index (χ2n) is 8.20. The van der Waals surface area contributed by atoms with Gasteiger partial charge in [0.05, 0.1) is 11.6 Å². The van der Waals surface area contributed by atoms with Gasteiger partial charge in [0.25, 0.3) is 5.89 Å². The molecular formula is C26H23FN4O2S. The van der Waals surface area contributed by atoms with Gasteiger partial charge < -0.3 is 9.84 Å². The van der Waals surface area contributed by atoms with Crippen LogP contribution in [-0.4, -0.2) is 27.6 Å². The lowest BCUT2D eigenvalue weighted by molar-refractivity contribution is 0.205. The number of aromatic nitrogens is 2. The van der Waals surface area contributed by atoms with Crippen LogP contribution in [-0.2, 0) is 6.42 Å². The van der Waals surface area contributed by atoms with Crippen LogP contribution in [0.3, 0.4) is 0 Å². The SMILES string of the molecule is CC1=C(c2nc(-c3ccc(F)cc3)no2)C(c2ccc(C)cc2)NC(=O)N1CCc1cccs1. The van der Waals surface area contributed by atoms with Gasteiger partial charge in [-0.15, -0.1) is 11.3 Å². The maximum absolute atomic E-state index is 13.4. The van der Waals surface area contributed by atoms with E-state index in [2.05, 4.69) is 21.5 Å². The molecule has 1 unspecified atom stereocenters. The Bertz CT molecular complexity index is 1330. The molecule has 2 aromatic heterocycles. The molecule has 1 N–H and O–H groups in total. The fourth-order valence-electron chi connectivity index (χ4n) is 4.06. The van der Waals surface area contributed by atoms with E-state index in [1.54, 1.807) is 28.4 Å². The molecule has 0 radical (unpaired) electrons. The van der Waals surface area contributed by atoms with Gasteiger partial charge >= 0.3 is 6.03 Å². The number of aryl methyl sites for hydroxylation is 1. The van der Waals surface area contributed by atoms with E-state index in [1.807, 2.05) is 49.6 Å². The lowest BCUT2D eigenvalue weighted by Gasteiger charge is -2.35. The molecular weight excluding hydrogens is 451 g/mol. The molecule has 0 saturated heterocycles. The van der Waals surface area contributed by atoms with E-state index in [1.165, 1.54) is 17.0 Å². The van der Waals surface area contributed by atoms with Crippen LogP contribution in [0.15, 0.2) is 76.3 Å². The van der Waals surface area contributed by atoms with Crippen molar-refractivity contribution in [2.24, 2.45) is 0 Å². The summed E-state index contributed by atoms with van der Waals surface area (Å²) in [5.74, 6) is 0.352. The summed E-state index contributed by atoms with van der Waals surface area (Å²) in [5.41, 5.74) is 4.21. The van der Waals surface area contributed by atoms with E-state index < -0.39 is 6.04 Å². The second kappa shape index (κ2) is 9.23. The maximum Gasteiger partial charge on any atom is 0.322 e. The number of carbonyl (C=O) groups is 1. The van der Waals surface area contributed by atoms with Crippen molar-refractivity contribution in [1.29, 1.82) is 0 Å². The molecule has 2 aromatic carbocycles. The minimum atomic E-state index is -0.437. The van der Waals surface area contributed by atoms with Crippen molar-refractivity contribution in [3.05, 3.63) is 99.5 Å². The molecule has 0 spiro atoms. The van der Waals surface area contributed by atoms with Gasteiger partial charge in [-0.25, -0.2) is 9.18 Å². The number of hydrogen-bond donors (Lipinski definition) is 1. The van der Waals surface area contributed by atoms with Crippen LogP contribution in [0, 0.1) is 12.7 Å². The lowest BCUT2D eigenvalue weighted by atomic mass is 9.94. The van der Waals surface area contributed by atoms with Gasteiger partial charge in [-0.2, -0.15) is 4.98 Å². The number of nitrogens with one attached hydrogen (secondary N) is 1. The second-order valence-corrected chi connectivity index (χ2v) is 9.24. The zero-order valence-electron chi connectivity index (χ0n) is 18.8. The third kappa shape index (κ3) is 4.36. The Morgan fingerprint density at radius 3 is 2.56 bits per heavy atom. The fourth-order valence-corrected chi connectivity index (χ4v) is 4.76. The van der Waals surface area contributed by atoms with Gasteiger partial charge in [0.15, 0.2) is 0 Å². The number of amides is 2. The number of urea groups is 1. The van der Waals surface area contributed by atoms with E-state index in [-0.39, 0.29) is 11.8 Å².